The summed E-state index contributed by atoms with van der Waals surface area (Å²) < 4.78 is 54.9. The van der Waals surface area contributed by atoms with Crippen molar-refractivity contribution in [1.82, 2.24) is 34.3 Å². The van der Waals surface area contributed by atoms with Crippen LogP contribution < -0.4 is 4.74 Å². The molecular formula is C30H35F3N8O4. The van der Waals surface area contributed by atoms with Gasteiger partial charge in [-0.1, -0.05) is 0 Å². The molecule has 3 aromatic heterocycles. The lowest BCUT2D eigenvalue weighted by Crippen LogP contribution is -2.50. The van der Waals surface area contributed by atoms with Crippen molar-refractivity contribution >= 4 is 23.2 Å². The Morgan fingerprint density at radius 3 is 2.49 bits per heavy atom. The molecule has 0 radical (unpaired) electrons. The van der Waals surface area contributed by atoms with Crippen LogP contribution in [0.1, 0.15) is 64.3 Å². The molecule has 0 aromatic carbocycles. The molecule has 2 aliphatic heterocycles. The lowest BCUT2D eigenvalue weighted by Gasteiger charge is -2.36. The van der Waals surface area contributed by atoms with Crippen LogP contribution in [0.3, 0.4) is 0 Å². The number of hydrogen-bond donors (Lipinski definition) is 0. The van der Waals surface area contributed by atoms with E-state index in [0.717, 1.165) is 12.5 Å². The molecule has 2 fully saturated rings. The predicted octanol–water partition coefficient (Wildman–Crippen LogP) is 4.72. The number of nitrogens with zero attached hydrogens (tertiary/aromatic N) is 8. The van der Waals surface area contributed by atoms with Crippen molar-refractivity contribution in [3.8, 4) is 23.2 Å². The Morgan fingerprint density at radius 2 is 1.82 bits per heavy atom. The number of carbonyl (C=O) groups excluding carboxylic acids is 2. The molecule has 0 bridgehead atoms. The second kappa shape index (κ2) is 12.5. The van der Waals surface area contributed by atoms with E-state index in [9.17, 15) is 28.0 Å². The van der Waals surface area contributed by atoms with E-state index in [0.29, 0.717) is 51.0 Å². The summed E-state index contributed by atoms with van der Waals surface area (Å²) in [5.41, 5.74) is -1.07. The van der Waals surface area contributed by atoms with Gasteiger partial charge in [0.15, 0.2) is 5.65 Å². The Morgan fingerprint density at radius 1 is 1.09 bits per heavy atom. The first kappa shape index (κ1) is 31.9. The SMILES string of the molecule is Cn1cnc2c(-c3cnc(OCCC4CCN(C(=O)[C@@H]5CCCN5C(=O)OC(C)(C)C)CC4)c(C(F)(F)F)c3)nc(C#N)nc21. The van der Waals surface area contributed by atoms with Crippen LogP contribution in [0.4, 0.5) is 18.0 Å². The minimum atomic E-state index is -4.76. The second-order valence-corrected chi connectivity index (χ2v) is 12.3. The zero-order valence-corrected chi connectivity index (χ0v) is 25.6. The van der Waals surface area contributed by atoms with Crippen molar-refractivity contribution in [3.05, 3.63) is 30.0 Å². The zero-order valence-electron chi connectivity index (χ0n) is 25.6. The summed E-state index contributed by atoms with van der Waals surface area (Å²) in [4.78, 5) is 45.5. The third-order valence-corrected chi connectivity index (χ3v) is 7.95. The van der Waals surface area contributed by atoms with E-state index < -0.39 is 35.4 Å². The molecule has 240 valence electrons. The number of imidazole rings is 1. The van der Waals surface area contributed by atoms with Crippen LogP contribution in [0.15, 0.2) is 18.6 Å². The summed E-state index contributed by atoms with van der Waals surface area (Å²) in [5.74, 6) is -0.697. The maximum absolute atomic E-state index is 14.1. The second-order valence-electron chi connectivity index (χ2n) is 12.3. The number of aryl methyl sites for hydroxylation is 1. The van der Waals surface area contributed by atoms with E-state index in [2.05, 4.69) is 19.9 Å². The molecule has 0 saturated carbocycles. The van der Waals surface area contributed by atoms with E-state index in [4.69, 9.17) is 9.47 Å². The molecule has 3 aromatic rings. The van der Waals surface area contributed by atoms with Crippen molar-refractivity contribution in [2.75, 3.05) is 26.2 Å². The first-order chi connectivity index (χ1) is 21.2. The third kappa shape index (κ3) is 7.10. The Labute approximate surface area is 258 Å². The number of fused-ring (bicyclic) bond motifs is 1. The molecule has 15 heteroatoms. The number of rotatable bonds is 6. The molecule has 0 unspecified atom stereocenters. The number of halogens is 3. The summed E-state index contributed by atoms with van der Waals surface area (Å²) in [7, 11) is 1.65. The first-order valence-corrected chi connectivity index (χ1v) is 14.8. The van der Waals surface area contributed by atoms with Gasteiger partial charge in [-0.2, -0.15) is 23.4 Å². The van der Waals surface area contributed by atoms with Gasteiger partial charge < -0.3 is 18.9 Å². The van der Waals surface area contributed by atoms with Crippen molar-refractivity contribution in [2.45, 2.75) is 70.7 Å². The molecule has 5 rings (SSSR count). The van der Waals surface area contributed by atoms with Crippen molar-refractivity contribution in [2.24, 2.45) is 13.0 Å². The molecule has 1 atom stereocenters. The number of aromatic nitrogens is 5. The molecule has 0 N–H and O–H groups in total. The summed E-state index contributed by atoms with van der Waals surface area (Å²) in [6, 6.07) is 2.18. The van der Waals surface area contributed by atoms with Gasteiger partial charge in [0, 0.05) is 38.4 Å². The van der Waals surface area contributed by atoms with Gasteiger partial charge in [0.1, 0.15) is 34.5 Å². The van der Waals surface area contributed by atoms with E-state index in [1.165, 1.54) is 17.4 Å². The van der Waals surface area contributed by atoms with Crippen molar-refractivity contribution in [1.29, 1.82) is 5.26 Å². The average molecular weight is 629 g/mol. The number of piperidine rings is 1. The number of nitriles is 1. The normalized spacial score (nSPS) is 17.9. The predicted molar refractivity (Wildman–Crippen MR) is 155 cm³/mol. The van der Waals surface area contributed by atoms with E-state index in [-0.39, 0.29) is 41.0 Å². The van der Waals surface area contributed by atoms with Gasteiger partial charge in [0.05, 0.1) is 12.9 Å². The van der Waals surface area contributed by atoms with Crippen LogP contribution in [0, 0.1) is 17.2 Å². The standard InChI is InChI=1S/C30H35F3N8O4/c1-29(2,3)45-28(43)41-10-5-6-21(41)27(42)40-11-7-18(8-12-40)9-13-44-26-20(30(31,32)33)14-19(16-35-26)23-24-25(39(4)17-36-24)38-22(15-34)37-23/h14,16-18,21H,5-13H2,1-4H3/t21-/m0/s1. The van der Waals surface area contributed by atoms with Crippen LogP contribution in [-0.2, 0) is 22.8 Å². The number of amides is 2. The molecular weight excluding hydrogens is 593 g/mol. The van der Waals surface area contributed by atoms with Gasteiger partial charge in [-0.15, -0.1) is 0 Å². The van der Waals surface area contributed by atoms with Crippen LogP contribution >= 0.6 is 0 Å². The van der Waals surface area contributed by atoms with Crippen LogP contribution in [0.2, 0.25) is 0 Å². The Bertz CT molecular complexity index is 1620. The smallest absolute Gasteiger partial charge is 0.421 e. The maximum atomic E-state index is 14.1. The van der Waals surface area contributed by atoms with Gasteiger partial charge in [-0.3, -0.25) is 9.69 Å². The van der Waals surface area contributed by atoms with Crippen molar-refractivity contribution in [3.63, 3.8) is 0 Å². The fourth-order valence-corrected chi connectivity index (χ4v) is 5.70. The largest absolute Gasteiger partial charge is 0.477 e. The van der Waals surface area contributed by atoms with Gasteiger partial charge >= 0.3 is 12.3 Å². The zero-order chi connectivity index (χ0) is 32.5. The fraction of sp³-hybridized carbons (Fsp3) is 0.567. The number of alkyl halides is 3. The number of hydrogen-bond acceptors (Lipinski definition) is 9. The molecule has 2 saturated heterocycles. The van der Waals surface area contributed by atoms with Gasteiger partial charge in [0.25, 0.3) is 0 Å². The number of carbonyl (C=O) groups is 2. The summed E-state index contributed by atoms with van der Waals surface area (Å²) in [6.07, 6.45) is 0.550. The minimum absolute atomic E-state index is 0.0136. The summed E-state index contributed by atoms with van der Waals surface area (Å²) in [5, 5.41) is 9.33. The molecule has 0 spiro atoms. The fourth-order valence-electron chi connectivity index (χ4n) is 5.70. The lowest BCUT2D eigenvalue weighted by molar-refractivity contribution is -0.139. The van der Waals surface area contributed by atoms with Crippen LogP contribution in [0.5, 0.6) is 5.88 Å². The minimum Gasteiger partial charge on any atom is -0.477 e. The van der Waals surface area contributed by atoms with Gasteiger partial charge in [0.2, 0.25) is 17.6 Å². The molecule has 2 amide bonds. The van der Waals surface area contributed by atoms with E-state index >= 15 is 0 Å². The maximum Gasteiger partial charge on any atom is 0.421 e. The topological polar surface area (TPSA) is 139 Å². The van der Waals surface area contributed by atoms with Gasteiger partial charge in [-0.25, -0.2) is 19.7 Å². The molecule has 5 heterocycles. The summed E-state index contributed by atoms with van der Waals surface area (Å²) >= 11 is 0. The Kier molecular flexibility index (Phi) is 8.86. The highest BCUT2D eigenvalue weighted by Crippen LogP contribution is 2.38. The number of ether oxygens (including phenoxy) is 2. The lowest BCUT2D eigenvalue weighted by atomic mass is 9.93. The first-order valence-electron chi connectivity index (χ1n) is 14.8. The van der Waals surface area contributed by atoms with Crippen LogP contribution in [-0.4, -0.2) is 84.2 Å². The number of pyridine rings is 1. The highest BCUT2D eigenvalue weighted by molar-refractivity contribution is 5.88. The number of likely N-dealkylation sites (tertiary alicyclic amines) is 2. The quantitative estimate of drug-likeness (QED) is 0.379. The highest BCUT2D eigenvalue weighted by atomic mass is 19.4. The van der Waals surface area contributed by atoms with Crippen molar-refractivity contribution < 1.29 is 32.2 Å². The monoisotopic (exact) mass is 628 g/mol. The highest BCUT2D eigenvalue weighted by Gasteiger charge is 2.40. The summed E-state index contributed by atoms with van der Waals surface area (Å²) in [6.45, 7) is 6.83. The average Bonchev–Trinajstić information content (AvgIpc) is 3.63. The van der Waals surface area contributed by atoms with Crippen LogP contribution in [0.25, 0.3) is 22.4 Å². The molecule has 2 aliphatic rings. The van der Waals surface area contributed by atoms with Gasteiger partial charge in [-0.05, 0) is 64.9 Å². The Hall–Kier alpha value is -4.48. The van der Waals surface area contributed by atoms with E-state index in [1.807, 2.05) is 6.07 Å². The third-order valence-electron chi connectivity index (χ3n) is 7.95. The molecule has 45 heavy (non-hydrogen) atoms. The molecule has 0 aliphatic carbocycles. The Balaban J connectivity index is 1.20. The van der Waals surface area contributed by atoms with E-state index in [1.54, 1.807) is 37.3 Å². The molecule has 12 nitrogen and oxygen atoms in total.